The lowest BCUT2D eigenvalue weighted by molar-refractivity contribution is -0.144. The molecule has 1 saturated heterocycles. The normalized spacial score (nSPS) is 14.9. The standard InChI is InChI=1S/C20H17F4N5/c21-15-6-4-14(5-7-15)16-13-18(27-19(26-16)20(22,23)24)29-11-9-28(10-12-29)17-3-1-2-8-25-17/h1-8,13H,9-12H2. The highest BCUT2D eigenvalue weighted by Crippen LogP contribution is 2.31. The van der Waals surface area contributed by atoms with E-state index < -0.39 is 17.8 Å². The summed E-state index contributed by atoms with van der Waals surface area (Å²) in [6.07, 6.45) is -2.97. The first kappa shape index (κ1) is 19.1. The van der Waals surface area contributed by atoms with Crippen molar-refractivity contribution in [2.45, 2.75) is 6.18 Å². The Kier molecular flexibility index (Phi) is 5.04. The Labute approximate surface area is 164 Å². The van der Waals surface area contributed by atoms with Crippen LogP contribution in [0.5, 0.6) is 0 Å². The van der Waals surface area contributed by atoms with Crippen molar-refractivity contribution in [1.29, 1.82) is 0 Å². The maximum atomic E-state index is 13.4. The van der Waals surface area contributed by atoms with Crippen molar-refractivity contribution in [2.24, 2.45) is 0 Å². The molecule has 4 rings (SSSR count). The number of rotatable bonds is 3. The number of benzene rings is 1. The summed E-state index contributed by atoms with van der Waals surface area (Å²) in [5.41, 5.74) is 0.502. The van der Waals surface area contributed by atoms with Gasteiger partial charge in [-0.3, -0.25) is 0 Å². The van der Waals surface area contributed by atoms with Crippen LogP contribution in [-0.4, -0.2) is 41.1 Å². The number of nitrogens with zero attached hydrogens (tertiary/aromatic N) is 5. The lowest BCUT2D eigenvalue weighted by Crippen LogP contribution is -2.47. The minimum absolute atomic E-state index is 0.106. The molecule has 3 heterocycles. The first-order valence-electron chi connectivity index (χ1n) is 9.03. The predicted molar refractivity (Wildman–Crippen MR) is 101 cm³/mol. The second-order valence-electron chi connectivity index (χ2n) is 6.60. The van der Waals surface area contributed by atoms with Gasteiger partial charge in [0.1, 0.15) is 17.5 Å². The smallest absolute Gasteiger partial charge is 0.353 e. The molecule has 0 saturated carbocycles. The van der Waals surface area contributed by atoms with Crippen LogP contribution in [0.2, 0.25) is 0 Å². The van der Waals surface area contributed by atoms with Crippen LogP contribution in [0, 0.1) is 5.82 Å². The van der Waals surface area contributed by atoms with Gasteiger partial charge in [-0.1, -0.05) is 6.07 Å². The molecule has 0 spiro atoms. The van der Waals surface area contributed by atoms with E-state index in [4.69, 9.17) is 0 Å². The molecular weight excluding hydrogens is 386 g/mol. The van der Waals surface area contributed by atoms with Gasteiger partial charge in [-0.2, -0.15) is 13.2 Å². The van der Waals surface area contributed by atoms with E-state index in [1.54, 1.807) is 11.1 Å². The minimum Gasteiger partial charge on any atom is -0.353 e. The highest BCUT2D eigenvalue weighted by atomic mass is 19.4. The largest absolute Gasteiger partial charge is 0.451 e. The van der Waals surface area contributed by atoms with E-state index in [-0.39, 0.29) is 11.5 Å². The Morgan fingerprint density at radius 3 is 2.03 bits per heavy atom. The van der Waals surface area contributed by atoms with E-state index in [0.717, 1.165) is 5.82 Å². The molecule has 0 amide bonds. The van der Waals surface area contributed by atoms with E-state index in [0.29, 0.717) is 31.7 Å². The number of halogens is 4. The molecule has 2 aromatic heterocycles. The summed E-state index contributed by atoms with van der Waals surface area (Å²) in [5.74, 6) is -0.642. The quantitative estimate of drug-likeness (QED) is 0.618. The first-order chi connectivity index (χ1) is 13.9. The third-order valence-electron chi connectivity index (χ3n) is 4.68. The molecule has 0 aliphatic carbocycles. The lowest BCUT2D eigenvalue weighted by atomic mass is 10.1. The monoisotopic (exact) mass is 403 g/mol. The fraction of sp³-hybridized carbons (Fsp3) is 0.250. The van der Waals surface area contributed by atoms with Crippen molar-refractivity contribution in [3.05, 3.63) is 66.4 Å². The molecule has 5 nitrogen and oxygen atoms in total. The van der Waals surface area contributed by atoms with Crippen molar-refractivity contribution < 1.29 is 17.6 Å². The van der Waals surface area contributed by atoms with Crippen molar-refractivity contribution in [1.82, 2.24) is 15.0 Å². The summed E-state index contributed by atoms with van der Waals surface area (Å²) in [6, 6.07) is 12.3. The van der Waals surface area contributed by atoms with Gasteiger partial charge in [0, 0.05) is 44.0 Å². The average Bonchev–Trinajstić information content (AvgIpc) is 2.74. The van der Waals surface area contributed by atoms with Crippen LogP contribution in [0.1, 0.15) is 5.82 Å². The molecule has 1 aromatic carbocycles. The van der Waals surface area contributed by atoms with E-state index in [1.807, 2.05) is 18.2 Å². The number of pyridine rings is 1. The number of anilines is 2. The zero-order chi connectivity index (χ0) is 20.4. The molecule has 0 unspecified atom stereocenters. The molecule has 150 valence electrons. The number of alkyl halides is 3. The Hall–Kier alpha value is -3.23. The van der Waals surface area contributed by atoms with Crippen molar-refractivity contribution in [2.75, 3.05) is 36.0 Å². The summed E-state index contributed by atoms with van der Waals surface area (Å²) in [4.78, 5) is 15.6. The van der Waals surface area contributed by atoms with Crippen LogP contribution in [0.25, 0.3) is 11.3 Å². The number of hydrogen-bond acceptors (Lipinski definition) is 5. The van der Waals surface area contributed by atoms with Crippen molar-refractivity contribution in [3.63, 3.8) is 0 Å². The predicted octanol–water partition coefficient (Wildman–Crippen LogP) is 4.02. The molecule has 0 radical (unpaired) electrons. The molecule has 0 bridgehead atoms. The summed E-state index contributed by atoms with van der Waals surface area (Å²) in [5, 5.41) is 0. The van der Waals surface area contributed by atoms with Gasteiger partial charge in [-0.25, -0.2) is 19.3 Å². The van der Waals surface area contributed by atoms with Crippen LogP contribution in [0.3, 0.4) is 0 Å². The van der Waals surface area contributed by atoms with Crippen LogP contribution in [0.4, 0.5) is 29.2 Å². The maximum Gasteiger partial charge on any atom is 0.451 e. The molecule has 1 aliphatic rings. The number of hydrogen-bond donors (Lipinski definition) is 0. The maximum absolute atomic E-state index is 13.4. The van der Waals surface area contributed by atoms with Gasteiger partial charge in [-0.15, -0.1) is 0 Å². The van der Waals surface area contributed by atoms with E-state index >= 15 is 0 Å². The molecule has 3 aromatic rings. The highest BCUT2D eigenvalue weighted by Gasteiger charge is 2.36. The Bertz CT molecular complexity index is 968. The second kappa shape index (κ2) is 7.65. The molecule has 0 atom stereocenters. The van der Waals surface area contributed by atoms with Gasteiger partial charge < -0.3 is 9.80 Å². The Morgan fingerprint density at radius 1 is 0.793 bits per heavy atom. The third kappa shape index (κ3) is 4.28. The van der Waals surface area contributed by atoms with Gasteiger partial charge in [0.15, 0.2) is 0 Å². The van der Waals surface area contributed by atoms with Crippen LogP contribution >= 0.6 is 0 Å². The molecule has 1 fully saturated rings. The van der Waals surface area contributed by atoms with Gasteiger partial charge in [0.05, 0.1) is 5.69 Å². The van der Waals surface area contributed by atoms with Gasteiger partial charge >= 0.3 is 6.18 Å². The molecule has 29 heavy (non-hydrogen) atoms. The SMILES string of the molecule is Fc1ccc(-c2cc(N3CCN(c4ccccn4)CC3)nc(C(F)(F)F)n2)cc1. The molecule has 1 aliphatic heterocycles. The van der Waals surface area contributed by atoms with Gasteiger partial charge in [0.2, 0.25) is 5.82 Å². The highest BCUT2D eigenvalue weighted by molar-refractivity contribution is 5.63. The molecule has 0 N–H and O–H groups in total. The zero-order valence-corrected chi connectivity index (χ0v) is 15.3. The average molecular weight is 403 g/mol. The summed E-state index contributed by atoms with van der Waals surface area (Å²) in [6.45, 7) is 2.20. The van der Waals surface area contributed by atoms with Crippen molar-refractivity contribution in [3.8, 4) is 11.3 Å². The topological polar surface area (TPSA) is 45.2 Å². The second-order valence-corrected chi connectivity index (χ2v) is 6.60. The van der Waals surface area contributed by atoms with E-state index in [9.17, 15) is 17.6 Å². The van der Waals surface area contributed by atoms with Crippen LogP contribution in [-0.2, 0) is 6.18 Å². The van der Waals surface area contributed by atoms with E-state index in [1.165, 1.54) is 30.3 Å². The summed E-state index contributed by atoms with van der Waals surface area (Å²) < 4.78 is 53.3. The summed E-state index contributed by atoms with van der Waals surface area (Å²) >= 11 is 0. The molecule has 9 heteroatoms. The Morgan fingerprint density at radius 2 is 1.45 bits per heavy atom. The van der Waals surface area contributed by atoms with Crippen LogP contribution < -0.4 is 9.80 Å². The third-order valence-corrected chi connectivity index (χ3v) is 4.68. The van der Waals surface area contributed by atoms with Gasteiger partial charge in [-0.05, 0) is 36.4 Å². The van der Waals surface area contributed by atoms with E-state index in [2.05, 4.69) is 19.9 Å². The fourth-order valence-corrected chi connectivity index (χ4v) is 3.20. The fourth-order valence-electron chi connectivity index (χ4n) is 3.20. The number of piperazine rings is 1. The van der Waals surface area contributed by atoms with Crippen molar-refractivity contribution >= 4 is 11.6 Å². The molecular formula is C20H17F4N5. The summed E-state index contributed by atoms with van der Waals surface area (Å²) in [7, 11) is 0. The minimum atomic E-state index is -4.68. The number of aromatic nitrogens is 3. The van der Waals surface area contributed by atoms with Crippen LogP contribution in [0.15, 0.2) is 54.7 Å². The first-order valence-corrected chi connectivity index (χ1v) is 9.03. The lowest BCUT2D eigenvalue weighted by Gasteiger charge is -2.36. The zero-order valence-electron chi connectivity index (χ0n) is 15.3. The Balaban J connectivity index is 1.61. The van der Waals surface area contributed by atoms with Gasteiger partial charge in [0.25, 0.3) is 0 Å².